The number of hydrogen-bond donors (Lipinski definition) is 2. The molecule has 0 fully saturated rings. The van der Waals surface area contributed by atoms with Crippen molar-refractivity contribution in [3.63, 3.8) is 0 Å². The van der Waals surface area contributed by atoms with Gasteiger partial charge in [-0.25, -0.2) is 8.78 Å². The Morgan fingerprint density at radius 3 is 2.24 bits per heavy atom. The Bertz CT molecular complexity index is 1570. The van der Waals surface area contributed by atoms with Crippen molar-refractivity contribution in [3.8, 4) is 5.75 Å². The molecule has 0 aliphatic heterocycles. The largest absolute Gasteiger partial charge is 0.461 e. The molecule has 0 bridgehead atoms. The molecule has 42 heavy (non-hydrogen) atoms. The van der Waals surface area contributed by atoms with E-state index in [4.69, 9.17) is 10.5 Å². The zero-order valence-corrected chi connectivity index (χ0v) is 21.7. The Labute approximate surface area is 236 Å². The Kier molecular flexibility index (Phi) is 9.36. The predicted molar refractivity (Wildman–Crippen MR) is 141 cm³/mol. The number of rotatable bonds is 11. The average Bonchev–Trinajstić information content (AvgIpc) is 2.96. The number of fused-ring (bicyclic) bond motifs is 1. The van der Waals surface area contributed by atoms with E-state index in [9.17, 15) is 35.9 Å². The summed E-state index contributed by atoms with van der Waals surface area (Å²) in [6, 6.07) is 17.2. The van der Waals surface area contributed by atoms with Crippen LogP contribution in [0, 0.1) is 11.6 Å². The number of nitrogens with two attached hydrogens (primary N) is 1. The van der Waals surface area contributed by atoms with E-state index >= 15 is 0 Å². The summed E-state index contributed by atoms with van der Waals surface area (Å²) in [4.78, 5) is 25.9. The first-order valence-electron chi connectivity index (χ1n) is 12.6. The lowest BCUT2D eigenvalue weighted by atomic mass is 9.94. The zero-order valence-electron chi connectivity index (χ0n) is 21.7. The van der Waals surface area contributed by atoms with Crippen LogP contribution in [0.15, 0.2) is 84.9 Å². The second-order valence-corrected chi connectivity index (χ2v) is 9.20. The van der Waals surface area contributed by atoms with Crippen molar-refractivity contribution in [2.24, 2.45) is 5.73 Å². The molecule has 6 nitrogen and oxygen atoms in total. The van der Waals surface area contributed by atoms with E-state index in [0.29, 0.717) is 0 Å². The summed E-state index contributed by atoms with van der Waals surface area (Å²) >= 11 is 0. The SMILES string of the molecule is NCC(=O)OC(c1ccc(F)cc1)C(Cc1cccc(OC(F)(F)C(F)F)c1)NC(=O)c1ccc(F)c2ccccc12. The van der Waals surface area contributed by atoms with E-state index in [2.05, 4.69) is 10.1 Å². The summed E-state index contributed by atoms with van der Waals surface area (Å²) in [5, 5.41) is 3.20. The van der Waals surface area contributed by atoms with E-state index in [1.807, 2.05) is 0 Å². The second-order valence-electron chi connectivity index (χ2n) is 9.20. The minimum atomic E-state index is -4.76. The number of alkyl halides is 4. The summed E-state index contributed by atoms with van der Waals surface area (Å²) < 4.78 is 90.3. The molecule has 0 aromatic heterocycles. The monoisotopic (exact) mass is 590 g/mol. The number of carbonyl (C=O) groups is 2. The van der Waals surface area contributed by atoms with E-state index in [1.165, 1.54) is 42.5 Å². The predicted octanol–water partition coefficient (Wildman–Crippen LogP) is 5.94. The number of hydrogen-bond acceptors (Lipinski definition) is 5. The maximum absolute atomic E-state index is 14.4. The van der Waals surface area contributed by atoms with Crippen molar-refractivity contribution in [2.45, 2.75) is 31.1 Å². The Morgan fingerprint density at radius 1 is 0.881 bits per heavy atom. The van der Waals surface area contributed by atoms with Gasteiger partial charge in [0.2, 0.25) is 0 Å². The van der Waals surface area contributed by atoms with Crippen LogP contribution in [0.2, 0.25) is 0 Å². The summed E-state index contributed by atoms with van der Waals surface area (Å²) in [7, 11) is 0. The van der Waals surface area contributed by atoms with Gasteiger partial charge in [0.15, 0.2) is 0 Å². The maximum Gasteiger partial charge on any atom is 0.461 e. The summed E-state index contributed by atoms with van der Waals surface area (Å²) in [5.41, 5.74) is 6.00. The van der Waals surface area contributed by atoms with Crippen molar-refractivity contribution in [2.75, 3.05) is 6.54 Å². The van der Waals surface area contributed by atoms with Gasteiger partial charge < -0.3 is 20.5 Å². The highest BCUT2D eigenvalue weighted by atomic mass is 19.3. The molecule has 2 atom stereocenters. The van der Waals surface area contributed by atoms with Gasteiger partial charge in [-0.05, 0) is 59.3 Å². The molecule has 12 heteroatoms. The van der Waals surface area contributed by atoms with Gasteiger partial charge in [0.25, 0.3) is 5.91 Å². The molecule has 2 unspecified atom stereocenters. The van der Waals surface area contributed by atoms with Crippen LogP contribution in [0.3, 0.4) is 0 Å². The molecule has 3 N–H and O–H groups in total. The van der Waals surface area contributed by atoms with E-state index in [1.54, 1.807) is 12.1 Å². The highest BCUT2D eigenvalue weighted by molar-refractivity contribution is 6.07. The highest BCUT2D eigenvalue weighted by Gasteiger charge is 2.44. The fourth-order valence-corrected chi connectivity index (χ4v) is 4.36. The molecule has 0 saturated heterocycles. The van der Waals surface area contributed by atoms with E-state index < -0.39 is 60.5 Å². The second kappa shape index (κ2) is 12.9. The molecule has 0 aliphatic rings. The van der Waals surface area contributed by atoms with Crippen molar-refractivity contribution >= 4 is 22.6 Å². The molecule has 4 aromatic carbocycles. The summed E-state index contributed by atoms with van der Waals surface area (Å²) in [6.45, 7) is -0.535. The summed E-state index contributed by atoms with van der Waals surface area (Å²) in [5.74, 6) is -3.30. The molecular weight excluding hydrogens is 566 g/mol. The molecule has 220 valence electrons. The van der Waals surface area contributed by atoms with Gasteiger partial charge in [0, 0.05) is 10.9 Å². The van der Waals surface area contributed by atoms with E-state index in [0.717, 1.165) is 30.3 Å². The standard InChI is InChI=1S/C30H24F6N2O4/c31-19-10-8-18(9-11-19)27(41-26(39)16-37)25(15-17-4-3-5-20(14-17)42-30(35,36)29(33)34)38-28(40)23-12-13-24(32)22-7-2-1-6-21(22)23/h1-14,25,27,29H,15-16,37H2,(H,38,40). The van der Waals surface area contributed by atoms with Crippen LogP contribution in [0.25, 0.3) is 10.8 Å². The number of ether oxygens (including phenoxy) is 2. The first-order chi connectivity index (χ1) is 20.0. The van der Waals surface area contributed by atoms with Gasteiger partial charge in [-0.1, -0.05) is 48.5 Å². The minimum absolute atomic E-state index is 0.0775. The van der Waals surface area contributed by atoms with Crippen molar-refractivity contribution in [1.29, 1.82) is 0 Å². The Morgan fingerprint density at radius 2 is 1.57 bits per heavy atom. The highest BCUT2D eigenvalue weighted by Crippen LogP contribution is 2.30. The summed E-state index contributed by atoms with van der Waals surface area (Å²) in [6.07, 6.45) is -10.3. The first-order valence-corrected chi connectivity index (χ1v) is 12.6. The molecule has 1 amide bonds. The van der Waals surface area contributed by atoms with Gasteiger partial charge in [0.05, 0.1) is 12.6 Å². The molecule has 0 aliphatic carbocycles. The van der Waals surface area contributed by atoms with Crippen LogP contribution in [0.5, 0.6) is 5.75 Å². The van der Waals surface area contributed by atoms with Crippen LogP contribution in [-0.4, -0.2) is 37.0 Å². The molecule has 0 radical (unpaired) electrons. The molecule has 0 heterocycles. The zero-order chi connectivity index (χ0) is 30.4. The third-order valence-electron chi connectivity index (χ3n) is 6.28. The number of nitrogens with one attached hydrogen (secondary N) is 1. The Balaban J connectivity index is 1.75. The van der Waals surface area contributed by atoms with Crippen LogP contribution < -0.4 is 15.8 Å². The van der Waals surface area contributed by atoms with E-state index in [-0.39, 0.29) is 33.9 Å². The van der Waals surface area contributed by atoms with Gasteiger partial charge in [-0.3, -0.25) is 9.59 Å². The number of amides is 1. The molecular formula is C30H24F6N2O4. The van der Waals surface area contributed by atoms with Crippen molar-refractivity contribution < 1.29 is 45.4 Å². The van der Waals surface area contributed by atoms with Gasteiger partial charge in [-0.15, -0.1) is 0 Å². The fourth-order valence-electron chi connectivity index (χ4n) is 4.36. The molecule has 0 spiro atoms. The Hall–Kier alpha value is -4.58. The normalized spacial score (nSPS) is 13.0. The quantitative estimate of drug-likeness (QED) is 0.167. The average molecular weight is 591 g/mol. The maximum atomic E-state index is 14.4. The fraction of sp³-hybridized carbons (Fsp3) is 0.200. The van der Waals surface area contributed by atoms with Gasteiger partial charge in [0.1, 0.15) is 23.5 Å². The third-order valence-corrected chi connectivity index (χ3v) is 6.28. The van der Waals surface area contributed by atoms with Gasteiger partial charge >= 0.3 is 18.5 Å². The van der Waals surface area contributed by atoms with Gasteiger partial charge in [-0.2, -0.15) is 17.6 Å². The number of carbonyl (C=O) groups excluding carboxylic acids is 2. The lowest BCUT2D eigenvalue weighted by Gasteiger charge is -2.29. The molecule has 4 rings (SSSR count). The number of benzene rings is 4. The van der Waals surface area contributed by atoms with Crippen LogP contribution in [0.1, 0.15) is 27.6 Å². The lowest BCUT2D eigenvalue weighted by molar-refractivity contribution is -0.253. The minimum Gasteiger partial charge on any atom is -0.454 e. The van der Waals surface area contributed by atoms with Crippen LogP contribution >= 0.6 is 0 Å². The number of halogens is 6. The third kappa shape index (κ3) is 7.19. The van der Waals surface area contributed by atoms with Crippen molar-refractivity contribution in [1.82, 2.24) is 5.32 Å². The lowest BCUT2D eigenvalue weighted by Crippen LogP contribution is -2.43. The molecule has 4 aromatic rings. The van der Waals surface area contributed by atoms with Crippen LogP contribution in [0.4, 0.5) is 26.3 Å². The molecule has 0 saturated carbocycles. The van der Waals surface area contributed by atoms with Crippen LogP contribution in [-0.2, 0) is 16.0 Å². The van der Waals surface area contributed by atoms with Crippen molar-refractivity contribution in [3.05, 3.63) is 113 Å². The number of esters is 1. The topological polar surface area (TPSA) is 90.7 Å². The smallest absolute Gasteiger partial charge is 0.454 e. The first kappa shape index (κ1) is 30.4.